The summed E-state index contributed by atoms with van der Waals surface area (Å²) >= 11 is 0. The maximum absolute atomic E-state index is 11.5. The Morgan fingerprint density at radius 1 is 1.30 bits per heavy atom. The van der Waals surface area contributed by atoms with Crippen LogP contribution in [0, 0.1) is 11.8 Å². The highest BCUT2D eigenvalue weighted by Gasteiger charge is 2.26. The van der Waals surface area contributed by atoms with Gasteiger partial charge in [-0.1, -0.05) is 6.92 Å². The summed E-state index contributed by atoms with van der Waals surface area (Å²) in [6, 6.07) is -0.0966. The molecular formula is C14H30N2O6Si. The first-order chi connectivity index (χ1) is 10.8. The van der Waals surface area contributed by atoms with Crippen LogP contribution in [0.25, 0.3) is 0 Å². The van der Waals surface area contributed by atoms with Crippen molar-refractivity contribution in [3.63, 3.8) is 0 Å². The van der Waals surface area contributed by atoms with E-state index in [4.69, 9.17) is 20.4 Å². The van der Waals surface area contributed by atoms with Crippen molar-refractivity contribution >= 4 is 21.6 Å². The quantitative estimate of drug-likeness (QED) is 0.187. The smallest absolute Gasteiger partial charge is 0.306 e. The number of nitrogens with two attached hydrogens (primary N) is 1. The fraction of sp³-hybridized carbons (Fsp3) is 0.857. The number of primary amides is 1. The van der Waals surface area contributed by atoms with Gasteiger partial charge in [0.05, 0.1) is 24.9 Å². The standard InChI is InChI=1S/C14H30N2O6Si/c1-3-10(14(19)20)5-11(13(15)18)4-9(2)16-6-12(17)7-22-8-23-21/h9-12,16-17,21H,3-8,23H2,1-2H3,(H2,15,18)(H,19,20). The third kappa shape index (κ3) is 10.4. The molecular weight excluding hydrogens is 320 g/mol. The number of carbonyl (C=O) groups excluding carboxylic acids is 1. The summed E-state index contributed by atoms with van der Waals surface area (Å²) in [6.45, 7) is 4.05. The summed E-state index contributed by atoms with van der Waals surface area (Å²) < 4.78 is 5.07. The SMILES string of the molecule is CCC(CC(CC(C)NCC(O)COC[SiH2]O)C(N)=O)C(=O)O. The number of aliphatic carboxylic acids is 1. The molecule has 6 N–H and O–H groups in total. The minimum atomic E-state index is -1.16. The van der Waals surface area contributed by atoms with Crippen LogP contribution >= 0.6 is 0 Å². The average Bonchev–Trinajstić information content (AvgIpc) is 2.48. The molecule has 0 bridgehead atoms. The van der Waals surface area contributed by atoms with Crippen molar-refractivity contribution in [1.29, 1.82) is 0 Å². The second-order valence-electron chi connectivity index (χ2n) is 5.78. The van der Waals surface area contributed by atoms with E-state index in [2.05, 4.69) is 5.32 Å². The van der Waals surface area contributed by atoms with Gasteiger partial charge in [0, 0.05) is 18.5 Å². The van der Waals surface area contributed by atoms with Gasteiger partial charge in [-0.25, -0.2) is 0 Å². The minimum Gasteiger partial charge on any atom is -0.481 e. The molecule has 0 spiro atoms. The third-order valence-electron chi connectivity index (χ3n) is 3.70. The lowest BCUT2D eigenvalue weighted by Gasteiger charge is -2.23. The second-order valence-corrected chi connectivity index (χ2v) is 6.63. The van der Waals surface area contributed by atoms with Crippen LogP contribution in [0.4, 0.5) is 0 Å². The number of aliphatic hydroxyl groups is 1. The molecule has 9 heteroatoms. The molecule has 0 rings (SSSR count). The van der Waals surface area contributed by atoms with Crippen LogP contribution in [0.15, 0.2) is 0 Å². The highest BCUT2D eigenvalue weighted by atomic mass is 28.2. The highest BCUT2D eigenvalue weighted by Crippen LogP contribution is 2.20. The number of aliphatic hydroxyl groups excluding tert-OH is 1. The monoisotopic (exact) mass is 350 g/mol. The molecule has 23 heavy (non-hydrogen) atoms. The van der Waals surface area contributed by atoms with Crippen molar-refractivity contribution in [2.24, 2.45) is 17.6 Å². The number of rotatable bonds is 14. The lowest BCUT2D eigenvalue weighted by atomic mass is 9.88. The molecule has 136 valence electrons. The number of nitrogens with one attached hydrogen (secondary N) is 1. The van der Waals surface area contributed by atoms with E-state index >= 15 is 0 Å². The van der Waals surface area contributed by atoms with E-state index in [-0.39, 0.29) is 25.6 Å². The first-order valence-corrected chi connectivity index (χ1v) is 9.57. The Balaban J connectivity index is 4.26. The Labute approximate surface area is 139 Å². The first-order valence-electron chi connectivity index (χ1n) is 7.93. The van der Waals surface area contributed by atoms with Crippen molar-refractivity contribution in [1.82, 2.24) is 5.32 Å². The number of carbonyl (C=O) groups is 2. The van der Waals surface area contributed by atoms with Gasteiger partial charge in [0.25, 0.3) is 0 Å². The zero-order valence-corrected chi connectivity index (χ0v) is 15.3. The van der Waals surface area contributed by atoms with Gasteiger partial charge < -0.3 is 30.8 Å². The van der Waals surface area contributed by atoms with Crippen molar-refractivity contribution in [2.75, 3.05) is 19.4 Å². The molecule has 0 aromatic heterocycles. The predicted octanol–water partition coefficient (Wildman–Crippen LogP) is -1.63. The Morgan fingerprint density at radius 3 is 2.43 bits per heavy atom. The van der Waals surface area contributed by atoms with E-state index in [0.717, 1.165) is 0 Å². The van der Waals surface area contributed by atoms with Crippen LogP contribution in [0.1, 0.15) is 33.1 Å². The summed E-state index contributed by atoms with van der Waals surface area (Å²) in [7, 11) is -1.16. The number of carboxylic acids is 1. The topological polar surface area (TPSA) is 142 Å². The molecule has 0 radical (unpaired) electrons. The molecule has 0 saturated carbocycles. The van der Waals surface area contributed by atoms with E-state index in [0.29, 0.717) is 19.1 Å². The van der Waals surface area contributed by atoms with Crippen molar-refractivity contribution in [3.05, 3.63) is 0 Å². The lowest BCUT2D eigenvalue weighted by molar-refractivity contribution is -0.142. The van der Waals surface area contributed by atoms with Gasteiger partial charge in [-0.2, -0.15) is 0 Å². The van der Waals surface area contributed by atoms with Crippen LogP contribution in [0.3, 0.4) is 0 Å². The maximum atomic E-state index is 11.5. The largest absolute Gasteiger partial charge is 0.481 e. The molecule has 0 aromatic rings. The molecule has 0 heterocycles. The Kier molecular flexibility index (Phi) is 11.9. The molecule has 8 nitrogen and oxygen atoms in total. The molecule has 0 aliphatic rings. The predicted molar refractivity (Wildman–Crippen MR) is 88.4 cm³/mol. The number of hydrogen-bond acceptors (Lipinski definition) is 6. The van der Waals surface area contributed by atoms with Gasteiger partial charge in [-0.3, -0.25) is 9.59 Å². The van der Waals surface area contributed by atoms with Gasteiger partial charge in [0.1, 0.15) is 0 Å². The molecule has 0 saturated heterocycles. The van der Waals surface area contributed by atoms with Crippen LogP contribution in [-0.2, 0) is 14.3 Å². The fourth-order valence-corrected chi connectivity index (χ4v) is 2.60. The van der Waals surface area contributed by atoms with Crippen molar-refractivity contribution < 1.29 is 29.3 Å². The summed E-state index contributed by atoms with van der Waals surface area (Å²) in [5.74, 6) is -2.52. The second kappa shape index (κ2) is 12.4. The van der Waals surface area contributed by atoms with Crippen LogP contribution < -0.4 is 11.1 Å². The summed E-state index contributed by atoms with van der Waals surface area (Å²) in [5, 5.41) is 21.9. The maximum Gasteiger partial charge on any atom is 0.306 e. The van der Waals surface area contributed by atoms with Crippen LogP contribution in [0.2, 0.25) is 0 Å². The normalized spacial score (nSPS) is 17.0. The van der Waals surface area contributed by atoms with Gasteiger partial charge in [0.2, 0.25) is 5.91 Å². The van der Waals surface area contributed by atoms with Gasteiger partial charge in [-0.15, -0.1) is 0 Å². The highest BCUT2D eigenvalue weighted by molar-refractivity contribution is 6.24. The molecule has 0 aromatic carbocycles. The molecule has 0 aliphatic carbocycles. The number of carboxylic acid groups (broad SMARTS) is 1. The Bertz CT molecular complexity index is 358. The molecule has 4 atom stereocenters. The van der Waals surface area contributed by atoms with Crippen LogP contribution in [0.5, 0.6) is 0 Å². The van der Waals surface area contributed by atoms with Gasteiger partial charge in [0.15, 0.2) is 9.76 Å². The third-order valence-corrected chi connectivity index (χ3v) is 4.17. The van der Waals surface area contributed by atoms with E-state index < -0.39 is 39.6 Å². The minimum absolute atomic E-state index is 0.0966. The van der Waals surface area contributed by atoms with E-state index in [1.807, 2.05) is 6.92 Å². The molecule has 1 amide bonds. The lowest BCUT2D eigenvalue weighted by Crippen LogP contribution is -2.39. The zero-order chi connectivity index (χ0) is 17.8. The fourth-order valence-electron chi connectivity index (χ4n) is 2.30. The van der Waals surface area contributed by atoms with Crippen molar-refractivity contribution in [2.45, 2.75) is 45.3 Å². The summed E-state index contributed by atoms with van der Waals surface area (Å²) in [5.41, 5.74) is 5.38. The average molecular weight is 350 g/mol. The number of hydrogen-bond donors (Lipinski definition) is 5. The number of amides is 1. The van der Waals surface area contributed by atoms with Gasteiger partial charge >= 0.3 is 5.97 Å². The molecule has 0 aliphatic heterocycles. The van der Waals surface area contributed by atoms with E-state index in [1.54, 1.807) is 6.92 Å². The Morgan fingerprint density at radius 2 is 1.96 bits per heavy atom. The van der Waals surface area contributed by atoms with E-state index in [9.17, 15) is 14.7 Å². The molecule has 0 fully saturated rings. The van der Waals surface area contributed by atoms with E-state index in [1.165, 1.54) is 0 Å². The summed E-state index contributed by atoms with van der Waals surface area (Å²) in [6.07, 6.45) is 0.693. The zero-order valence-electron chi connectivity index (χ0n) is 13.9. The van der Waals surface area contributed by atoms with Crippen molar-refractivity contribution in [3.8, 4) is 0 Å². The first kappa shape index (κ1) is 22.0. The number of ether oxygens (including phenoxy) is 1. The Hall–Kier alpha value is -1.00. The summed E-state index contributed by atoms with van der Waals surface area (Å²) in [4.78, 5) is 31.3. The van der Waals surface area contributed by atoms with Crippen LogP contribution in [-0.4, -0.2) is 68.2 Å². The van der Waals surface area contributed by atoms with Gasteiger partial charge in [-0.05, 0) is 26.2 Å². The molecule has 4 unspecified atom stereocenters.